The molecule has 0 saturated heterocycles. The maximum absolute atomic E-state index is 12.3. The first-order chi connectivity index (χ1) is 14.8. The van der Waals surface area contributed by atoms with Gasteiger partial charge in [-0.2, -0.15) is 5.10 Å². The van der Waals surface area contributed by atoms with E-state index >= 15 is 0 Å². The number of hydrogen-bond donors (Lipinski definition) is 1. The van der Waals surface area contributed by atoms with Gasteiger partial charge < -0.3 is 5.32 Å². The van der Waals surface area contributed by atoms with Crippen molar-refractivity contribution in [3.63, 3.8) is 0 Å². The number of aromatic nitrogens is 4. The van der Waals surface area contributed by atoms with E-state index in [1.54, 1.807) is 48.3 Å². The second-order valence-corrected chi connectivity index (χ2v) is 8.87. The molecule has 31 heavy (non-hydrogen) atoms. The standard InChI is InChI=1S/C22H19N5O3S/c1-27-14-18(19-12-13-23-22(25-19)31(2,29)30)20(26-27)15-8-10-17(11-9-15)24-21(28)16-6-4-3-5-7-16/h3-14H,1-2H3,(H,24,28). The van der Waals surface area contributed by atoms with E-state index in [2.05, 4.69) is 20.4 Å². The van der Waals surface area contributed by atoms with Gasteiger partial charge in [-0.15, -0.1) is 0 Å². The van der Waals surface area contributed by atoms with Crippen molar-refractivity contribution in [2.45, 2.75) is 5.16 Å². The summed E-state index contributed by atoms with van der Waals surface area (Å²) in [5, 5.41) is 7.13. The van der Waals surface area contributed by atoms with Gasteiger partial charge in [-0.05, 0) is 30.3 Å². The Hall–Kier alpha value is -3.85. The molecule has 4 aromatic rings. The molecule has 1 amide bonds. The summed E-state index contributed by atoms with van der Waals surface area (Å²) in [5.41, 5.74) is 3.80. The highest BCUT2D eigenvalue weighted by Gasteiger charge is 2.17. The van der Waals surface area contributed by atoms with E-state index in [1.165, 1.54) is 6.20 Å². The van der Waals surface area contributed by atoms with Crippen LogP contribution in [0.3, 0.4) is 0 Å². The Morgan fingerprint density at radius 3 is 2.39 bits per heavy atom. The second-order valence-electron chi connectivity index (χ2n) is 6.96. The minimum atomic E-state index is -3.53. The predicted molar refractivity (Wildman–Crippen MR) is 117 cm³/mol. The zero-order chi connectivity index (χ0) is 22.0. The van der Waals surface area contributed by atoms with Gasteiger partial charge in [0, 0.05) is 48.1 Å². The van der Waals surface area contributed by atoms with E-state index < -0.39 is 9.84 Å². The van der Waals surface area contributed by atoms with E-state index in [9.17, 15) is 13.2 Å². The lowest BCUT2D eigenvalue weighted by molar-refractivity contribution is 0.102. The number of hydrogen-bond acceptors (Lipinski definition) is 6. The zero-order valence-electron chi connectivity index (χ0n) is 16.9. The number of carbonyl (C=O) groups excluding carboxylic acids is 1. The summed E-state index contributed by atoms with van der Waals surface area (Å²) < 4.78 is 25.3. The number of anilines is 1. The number of aryl methyl sites for hydroxylation is 1. The Labute approximate surface area is 179 Å². The largest absolute Gasteiger partial charge is 0.322 e. The zero-order valence-corrected chi connectivity index (χ0v) is 17.7. The van der Waals surface area contributed by atoms with Crippen molar-refractivity contribution in [2.75, 3.05) is 11.6 Å². The molecule has 0 atom stereocenters. The van der Waals surface area contributed by atoms with Crippen molar-refractivity contribution in [1.29, 1.82) is 0 Å². The number of carbonyl (C=O) groups is 1. The average molecular weight is 433 g/mol. The average Bonchev–Trinajstić information content (AvgIpc) is 3.16. The number of rotatable bonds is 5. The first-order valence-electron chi connectivity index (χ1n) is 9.35. The molecule has 0 spiro atoms. The van der Waals surface area contributed by atoms with Crippen LogP contribution in [0.1, 0.15) is 10.4 Å². The van der Waals surface area contributed by atoms with Gasteiger partial charge in [0.1, 0.15) is 5.69 Å². The summed E-state index contributed by atoms with van der Waals surface area (Å²) in [6.45, 7) is 0. The molecule has 0 saturated carbocycles. The van der Waals surface area contributed by atoms with Gasteiger partial charge in [0.05, 0.1) is 5.69 Å². The van der Waals surface area contributed by atoms with Crippen LogP contribution in [0.5, 0.6) is 0 Å². The molecule has 1 N–H and O–H groups in total. The van der Waals surface area contributed by atoms with Gasteiger partial charge in [0.15, 0.2) is 0 Å². The van der Waals surface area contributed by atoms with Gasteiger partial charge in [-0.1, -0.05) is 30.3 Å². The smallest absolute Gasteiger partial charge is 0.255 e. The van der Waals surface area contributed by atoms with E-state index in [4.69, 9.17) is 0 Å². The molecule has 9 heteroatoms. The second kappa shape index (κ2) is 8.11. The van der Waals surface area contributed by atoms with E-state index in [-0.39, 0.29) is 11.1 Å². The highest BCUT2D eigenvalue weighted by Crippen LogP contribution is 2.30. The van der Waals surface area contributed by atoms with Gasteiger partial charge in [-0.25, -0.2) is 18.4 Å². The first-order valence-corrected chi connectivity index (χ1v) is 11.2. The van der Waals surface area contributed by atoms with Crippen molar-refractivity contribution in [2.24, 2.45) is 7.05 Å². The topological polar surface area (TPSA) is 107 Å². The van der Waals surface area contributed by atoms with Crippen molar-refractivity contribution in [3.05, 3.63) is 78.6 Å². The van der Waals surface area contributed by atoms with Gasteiger partial charge in [-0.3, -0.25) is 9.48 Å². The van der Waals surface area contributed by atoms with Crippen molar-refractivity contribution in [1.82, 2.24) is 19.7 Å². The SMILES string of the molecule is Cn1cc(-c2ccnc(S(C)(=O)=O)n2)c(-c2ccc(NC(=O)c3ccccc3)cc2)n1. The Morgan fingerprint density at radius 2 is 1.71 bits per heavy atom. The highest BCUT2D eigenvalue weighted by molar-refractivity contribution is 7.90. The van der Waals surface area contributed by atoms with E-state index in [0.717, 1.165) is 11.8 Å². The fourth-order valence-electron chi connectivity index (χ4n) is 3.06. The summed E-state index contributed by atoms with van der Waals surface area (Å²) >= 11 is 0. The molecular weight excluding hydrogens is 414 g/mol. The maximum atomic E-state index is 12.3. The van der Waals surface area contributed by atoms with Crippen LogP contribution >= 0.6 is 0 Å². The first kappa shape index (κ1) is 20.4. The molecule has 2 aromatic heterocycles. The van der Waals surface area contributed by atoms with Crippen molar-refractivity contribution < 1.29 is 13.2 Å². The highest BCUT2D eigenvalue weighted by atomic mass is 32.2. The minimum absolute atomic E-state index is 0.193. The minimum Gasteiger partial charge on any atom is -0.322 e. The van der Waals surface area contributed by atoms with E-state index in [0.29, 0.717) is 28.2 Å². The number of nitrogens with zero attached hydrogens (tertiary/aromatic N) is 4. The van der Waals surface area contributed by atoms with Crippen LogP contribution in [0, 0.1) is 0 Å². The van der Waals surface area contributed by atoms with Crippen LogP contribution in [-0.2, 0) is 16.9 Å². The molecular formula is C22H19N5O3S. The molecule has 156 valence electrons. The van der Waals surface area contributed by atoms with Crippen LogP contribution in [-0.4, -0.2) is 40.3 Å². The van der Waals surface area contributed by atoms with Crippen LogP contribution < -0.4 is 5.32 Å². The lowest BCUT2D eigenvalue weighted by atomic mass is 10.1. The molecule has 4 rings (SSSR count). The number of sulfone groups is 1. The molecule has 8 nitrogen and oxygen atoms in total. The van der Waals surface area contributed by atoms with Gasteiger partial charge in [0.25, 0.3) is 5.91 Å². The molecule has 0 aliphatic heterocycles. The summed E-state index contributed by atoms with van der Waals surface area (Å²) in [5.74, 6) is -0.193. The summed E-state index contributed by atoms with van der Waals surface area (Å²) in [4.78, 5) is 20.4. The lowest BCUT2D eigenvalue weighted by Gasteiger charge is -2.07. The third kappa shape index (κ3) is 4.51. The molecule has 0 aliphatic carbocycles. The number of nitrogens with one attached hydrogen (secondary N) is 1. The summed E-state index contributed by atoms with van der Waals surface area (Å²) in [6.07, 6.45) is 4.26. The number of amides is 1. The Balaban J connectivity index is 1.64. The molecule has 2 heterocycles. The van der Waals surface area contributed by atoms with Crippen LogP contribution in [0.2, 0.25) is 0 Å². The van der Waals surface area contributed by atoms with Crippen LogP contribution in [0.15, 0.2) is 78.2 Å². The maximum Gasteiger partial charge on any atom is 0.255 e. The molecule has 0 aliphatic rings. The normalized spacial score (nSPS) is 11.3. The quantitative estimate of drug-likeness (QED) is 0.485. The van der Waals surface area contributed by atoms with E-state index in [1.807, 2.05) is 30.3 Å². The van der Waals surface area contributed by atoms with Crippen LogP contribution in [0.25, 0.3) is 22.5 Å². The molecule has 0 radical (unpaired) electrons. The summed E-state index contributed by atoms with van der Waals surface area (Å²) in [7, 11) is -1.76. The van der Waals surface area contributed by atoms with Crippen molar-refractivity contribution in [3.8, 4) is 22.5 Å². The molecule has 0 fully saturated rings. The molecule has 2 aromatic carbocycles. The third-order valence-electron chi connectivity index (χ3n) is 4.52. The molecule has 0 bridgehead atoms. The van der Waals surface area contributed by atoms with Gasteiger partial charge in [0.2, 0.25) is 15.0 Å². The van der Waals surface area contributed by atoms with Crippen LogP contribution in [0.4, 0.5) is 5.69 Å². The fourth-order valence-corrected chi connectivity index (χ4v) is 3.58. The summed E-state index contributed by atoms with van der Waals surface area (Å²) in [6, 6.07) is 17.9. The lowest BCUT2D eigenvalue weighted by Crippen LogP contribution is -2.11. The van der Waals surface area contributed by atoms with Gasteiger partial charge >= 0.3 is 0 Å². The predicted octanol–water partition coefficient (Wildman–Crippen LogP) is 3.20. The monoisotopic (exact) mass is 433 g/mol. The third-order valence-corrected chi connectivity index (χ3v) is 5.38. The number of benzene rings is 2. The Kier molecular flexibility index (Phi) is 5.35. The molecule has 0 unspecified atom stereocenters. The van der Waals surface area contributed by atoms with Crippen molar-refractivity contribution >= 4 is 21.4 Å². The fraction of sp³-hybridized carbons (Fsp3) is 0.0909. The Bertz CT molecular complexity index is 1350. The Morgan fingerprint density at radius 1 is 1.00 bits per heavy atom.